The molecule has 0 unspecified atom stereocenters. The zero-order chi connectivity index (χ0) is 15.2. The standard InChI is InChI=1S/C12H12N4O4S/c1-20-7-6-10-14-15-12(21-10)13-11(17)8-2-4-9(5-3-8)16(18)19/h2-5H,6-7H2,1H3,(H,13,15,17). The first-order valence-electron chi connectivity index (χ1n) is 5.97. The highest BCUT2D eigenvalue weighted by atomic mass is 32.1. The van der Waals surface area contributed by atoms with E-state index in [1.54, 1.807) is 7.11 Å². The molecular weight excluding hydrogens is 296 g/mol. The Bertz CT molecular complexity index is 641. The number of anilines is 1. The molecule has 0 aliphatic carbocycles. The van der Waals surface area contributed by atoms with E-state index in [0.29, 0.717) is 23.7 Å². The molecule has 9 heteroatoms. The fraction of sp³-hybridized carbons (Fsp3) is 0.250. The molecule has 0 saturated carbocycles. The highest BCUT2D eigenvalue weighted by molar-refractivity contribution is 7.15. The van der Waals surface area contributed by atoms with Gasteiger partial charge in [-0.05, 0) is 12.1 Å². The number of carbonyl (C=O) groups excluding carboxylic acids is 1. The lowest BCUT2D eigenvalue weighted by Gasteiger charge is -2.00. The van der Waals surface area contributed by atoms with Crippen LogP contribution in [0.3, 0.4) is 0 Å². The molecule has 0 radical (unpaired) electrons. The van der Waals surface area contributed by atoms with Crippen molar-refractivity contribution in [3.63, 3.8) is 0 Å². The van der Waals surface area contributed by atoms with E-state index in [2.05, 4.69) is 15.5 Å². The van der Waals surface area contributed by atoms with Gasteiger partial charge < -0.3 is 4.74 Å². The van der Waals surface area contributed by atoms with Gasteiger partial charge in [0.2, 0.25) is 5.13 Å². The number of ether oxygens (including phenoxy) is 1. The minimum Gasteiger partial charge on any atom is -0.384 e. The van der Waals surface area contributed by atoms with Crippen molar-refractivity contribution in [3.05, 3.63) is 45.0 Å². The lowest BCUT2D eigenvalue weighted by molar-refractivity contribution is -0.384. The molecular formula is C12H12N4O4S. The van der Waals surface area contributed by atoms with Crippen molar-refractivity contribution >= 4 is 28.1 Å². The molecule has 0 atom stereocenters. The molecule has 0 spiro atoms. The number of amides is 1. The zero-order valence-corrected chi connectivity index (χ0v) is 11.9. The third-order valence-corrected chi connectivity index (χ3v) is 3.45. The molecule has 21 heavy (non-hydrogen) atoms. The fourth-order valence-electron chi connectivity index (χ4n) is 1.50. The molecule has 1 amide bonds. The number of nitro benzene ring substituents is 1. The lowest BCUT2D eigenvalue weighted by Crippen LogP contribution is -2.11. The number of hydrogen-bond donors (Lipinski definition) is 1. The second kappa shape index (κ2) is 6.86. The number of hydrogen-bond acceptors (Lipinski definition) is 7. The molecule has 1 aromatic carbocycles. The Morgan fingerprint density at radius 3 is 2.71 bits per heavy atom. The van der Waals surface area contributed by atoms with Gasteiger partial charge >= 0.3 is 0 Å². The molecule has 0 aliphatic heterocycles. The van der Waals surface area contributed by atoms with Crippen LogP contribution in [-0.4, -0.2) is 34.7 Å². The minimum atomic E-state index is -0.519. The molecule has 2 aromatic rings. The van der Waals surface area contributed by atoms with Crippen molar-refractivity contribution in [2.24, 2.45) is 0 Å². The van der Waals surface area contributed by atoms with Crippen LogP contribution in [-0.2, 0) is 11.2 Å². The third kappa shape index (κ3) is 4.04. The molecule has 8 nitrogen and oxygen atoms in total. The van der Waals surface area contributed by atoms with Crippen molar-refractivity contribution in [2.75, 3.05) is 19.0 Å². The number of aromatic nitrogens is 2. The van der Waals surface area contributed by atoms with Crippen LogP contribution in [0.1, 0.15) is 15.4 Å². The molecule has 2 rings (SSSR count). The van der Waals surface area contributed by atoms with Crippen LogP contribution in [0.15, 0.2) is 24.3 Å². The van der Waals surface area contributed by atoms with Crippen molar-refractivity contribution in [2.45, 2.75) is 6.42 Å². The molecule has 1 N–H and O–H groups in total. The molecule has 0 saturated heterocycles. The van der Waals surface area contributed by atoms with E-state index in [9.17, 15) is 14.9 Å². The van der Waals surface area contributed by atoms with Gasteiger partial charge in [0.15, 0.2) is 0 Å². The molecule has 0 bridgehead atoms. The summed E-state index contributed by atoms with van der Waals surface area (Å²) < 4.78 is 4.93. The number of carbonyl (C=O) groups is 1. The number of nitrogens with one attached hydrogen (secondary N) is 1. The van der Waals surface area contributed by atoms with E-state index < -0.39 is 4.92 Å². The zero-order valence-electron chi connectivity index (χ0n) is 11.1. The smallest absolute Gasteiger partial charge is 0.269 e. The summed E-state index contributed by atoms with van der Waals surface area (Å²) in [6.45, 7) is 0.533. The van der Waals surface area contributed by atoms with Gasteiger partial charge in [0.25, 0.3) is 11.6 Å². The predicted octanol–water partition coefficient (Wildman–Crippen LogP) is 1.89. The summed E-state index contributed by atoms with van der Waals surface area (Å²) >= 11 is 1.26. The largest absolute Gasteiger partial charge is 0.384 e. The van der Waals surface area contributed by atoms with E-state index in [4.69, 9.17) is 4.74 Å². The van der Waals surface area contributed by atoms with Crippen molar-refractivity contribution in [1.82, 2.24) is 10.2 Å². The summed E-state index contributed by atoms with van der Waals surface area (Å²) in [6.07, 6.45) is 0.627. The van der Waals surface area contributed by atoms with Crippen LogP contribution < -0.4 is 5.32 Å². The van der Waals surface area contributed by atoms with E-state index in [-0.39, 0.29) is 11.6 Å². The van der Waals surface area contributed by atoms with Gasteiger partial charge in [-0.15, -0.1) is 10.2 Å². The maximum atomic E-state index is 12.0. The maximum absolute atomic E-state index is 12.0. The first-order valence-corrected chi connectivity index (χ1v) is 6.79. The first-order chi connectivity index (χ1) is 10.1. The molecule has 1 aromatic heterocycles. The minimum absolute atomic E-state index is 0.0654. The van der Waals surface area contributed by atoms with Crippen LogP contribution in [0.4, 0.5) is 10.8 Å². The van der Waals surface area contributed by atoms with Crippen LogP contribution in [0.5, 0.6) is 0 Å². The average Bonchev–Trinajstić information content (AvgIpc) is 2.92. The lowest BCUT2D eigenvalue weighted by atomic mass is 10.2. The maximum Gasteiger partial charge on any atom is 0.269 e. The summed E-state index contributed by atoms with van der Waals surface area (Å²) in [5, 5.41) is 22.1. The van der Waals surface area contributed by atoms with Crippen molar-refractivity contribution in [3.8, 4) is 0 Å². The van der Waals surface area contributed by atoms with Crippen LogP contribution in [0.25, 0.3) is 0 Å². The van der Waals surface area contributed by atoms with Crippen molar-refractivity contribution in [1.29, 1.82) is 0 Å². The summed E-state index contributed by atoms with van der Waals surface area (Å²) in [4.78, 5) is 22.0. The molecule has 0 fully saturated rings. The van der Waals surface area contributed by atoms with Gasteiger partial charge in [-0.3, -0.25) is 20.2 Å². The Balaban J connectivity index is 2.00. The van der Waals surface area contributed by atoms with Gasteiger partial charge in [-0.25, -0.2) is 0 Å². The Kier molecular flexibility index (Phi) is 4.90. The second-order valence-corrected chi connectivity index (χ2v) is 5.06. The third-order valence-electron chi connectivity index (χ3n) is 2.55. The van der Waals surface area contributed by atoms with Crippen molar-refractivity contribution < 1.29 is 14.5 Å². The summed E-state index contributed by atoms with van der Waals surface area (Å²) in [5.74, 6) is -0.390. The van der Waals surface area contributed by atoms with E-state index in [0.717, 1.165) is 5.01 Å². The Morgan fingerprint density at radius 2 is 2.10 bits per heavy atom. The Labute approximate surface area is 123 Å². The number of non-ortho nitro benzene ring substituents is 1. The molecule has 0 aliphatic rings. The highest BCUT2D eigenvalue weighted by Crippen LogP contribution is 2.18. The predicted molar refractivity (Wildman–Crippen MR) is 76.5 cm³/mol. The first kappa shape index (κ1) is 15.0. The number of nitrogens with zero attached hydrogens (tertiary/aromatic N) is 3. The molecule has 110 valence electrons. The normalized spacial score (nSPS) is 10.3. The summed E-state index contributed by atoms with van der Waals surface area (Å²) in [7, 11) is 1.60. The fourth-order valence-corrected chi connectivity index (χ4v) is 2.21. The topological polar surface area (TPSA) is 107 Å². The summed E-state index contributed by atoms with van der Waals surface area (Å²) in [6, 6.07) is 5.33. The number of rotatable bonds is 6. The van der Waals surface area contributed by atoms with Gasteiger partial charge in [0, 0.05) is 31.2 Å². The van der Waals surface area contributed by atoms with Gasteiger partial charge in [-0.2, -0.15) is 0 Å². The van der Waals surface area contributed by atoms with E-state index >= 15 is 0 Å². The monoisotopic (exact) mass is 308 g/mol. The number of methoxy groups -OCH3 is 1. The van der Waals surface area contributed by atoms with Crippen LogP contribution in [0.2, 0.25) is 0 Å². The van der Waals surface area contributed by atoms with E-state index in [1.165, 1.54) is 35.6 Å². The molecule has 1 heterocycles. The van der Waals surface area contributed by atoms with E-state index in [1.807, 2.05) is 0 Å². The Morgan fingerprint density at radius 1 is 1.38 bits per heavy atom. The van der Waals surface area contributed by atoms with Gasteiger partial charge in [0.05, 0.1) is 11.5 Å². The quantitative estimate of drug-likeness (QED) is 0.645. The highest BCUT2D eigenvalue weighted by Gasteiger charge is 2.12. The SMILES string of the molecule is COCCc1nnc(NC(=O)c2ccc([N+](=O)[O-])cc2)s1. The summed E-state index contributed by atoms with van der Waals surface area (Å²) in [5.41, 5.74) is 0.249. The number of benzene rings is 1. The number of nitro groups is 1. The van der Waals surface area contributed by atoms with Gasteiger partial charge in [-0.1, -0.05) is 11.3 Å². The average molecular weight is 308 g/mol. The van der Waals surface area contributed by atoms with Crippen LogP contribution in [0, 0.1) is 10.1 Å². The Hall–Kier alpha value is -2.39. The van der Waals surface area contributed by atoms with Crippen LogP contribution >= 0.6 is 11.3 Å². The van der Waals surface area contributed by atoms with Gasteiger partial charge in [0.1, 0.15) is 5.01 Å². The second-order valence-electron chi connectivity index (χ2n) is 4.00.